The highest BCUT2D eigenvalue weighted by atomic mass is 19.3. The monoisotopic (exact) mass is 668 g/mol. The lowest BCUT2D eigenvalue weighted by Gasteiger charge is -2.29. The fraction of sp³-hybridized carbons (Fsp3) is 0.333. The standard InChI is InChI=1S/C36H39F2N9O2/c1-42-22-44-34(41)25-4-2-23(3-5-25)24-9-14-46(15-10-24)31(48)20-45-16-11-36(21-45)12-17-47(35(36)49)27-6-7-29(39)28(19-27)32(40)26-8-13-43-30(18-26)33(37)38/h2-9,13,18-19,22,33,40H,10-12,14-17,20-21,39H2,1H3,(H2,41,42,44)/p+1/t36-/m0/s1. The van der Waals surface area contributed by atoms with Crippen molar-refractivity contribution in [2.45, 2.75) is 25.7 Å². The van der Waals surface area contributed by atoms with Crippen LogP contribution in [-0.2, 0) is 9.59 Å². The van der Waals surface area contributed by atoms with Gasteiger partial charge in [-0.1, -0.05) is 30.3 Å². The topological polar surface area (TPSA) is 159 Å². The average Bonchev–Trinajstić information content (AvgIpc) is 3.68. The Balaban J connectivity index is 1.06. The van der Waals surface area contributed by atoms with Gasteiger partial charge in [0.05, 0.1) is 17.5 Å². The summed E-state index contributed by atoms with van der Waals surface area (Å²) in [7, 11) is 1.64. The molecule has 11 nitrogen and oxygen atoms in total. The Bertz CT molecular complexity index is 1860. The second kappa shape index (κ2) is 14.0. The molecule has 1 spiro atoms. The third kappa shape index (κ3) is 6.98. The molecule has 49 heavy (non-hydrogen) atoms. The number of carbonyl (C=O) groups excluding carboxylic acids is 2. The molecular formula is C36H40F2N9O2+. The fourth-order valence-electron chi connectivity index (χ4n) is 6.87. The number of anilines is 2. The van der Waals surface area contributed by atoms with E-state index in [1.165, 1.54) is 24.2 Å². The minimum Gasteiger partial charge on any atom is -0.398 e. The van der Waals surface area contributed by atoms with Crippen LogP contribution in [0.15, 0.2) is 76.9 Å². The van der Waals surface area contributed by atoms with Gasteiger partial charge >= 0.3 is 0 Å². The van der Waals surface area contributed by atoms with E-state index in [0.29, 0.717) is 73.9 Å². The molecule has 2 aromatic carbocycles. The average molecular weight is 669 g/mol. The summed E-state index contributed by atoms with van der Waals surface area (Å²) < 4.78 is 26.5. The zero-order valence-corrected chi connectivity index (χ0v) is 27.4. The summed E-state index contributed by atoms with van der Waals surface area (Å²) in [5, 5.41) is 6.40. The van der Waals surface area contributed by atoms with Crippen LogP contribution in [0.2, 0.25) is 0 Å². The summed E-state index contributed by atoms with van der Waals surface area (Å²) in [4.78, 5) is 44.6. The summed E-state index contributed by atoms with van der Waals surface area (Å²) in [6, 6.07) is 15.9. The van der Waals surface area contributed by atoms with Gasteiger partial charge in [-0.2, -0.15) is 0 Å². The second-order valence-corrected chi connectivity index (χ2v) is 12.7. The number of nitrogen functional groups attached to an aromatic ring is 1. The number of nitrogens with zero attached hydrogens (tertiary/aromatic N) is 6. The van der Waals surface area contributed by atoms with E-state index < -0.39 is 11.8 Å². The Hall–Kier alpha value is -5.30. The maximum Gasteiger partial charge on any atom is 0.280 e. The van der Waals surface area contributed by atoms with Crippen LogP contribution in [0.25, 0.3) is 5.57 Å². The molecule has 6 N–H and O–H groups in total. The predicted octanol–water partition coefficient (Wildman–Crippen LogP) is 2.31. The Morgan fingerprint density at radius 2 is 1.86 bits per heavy atom. The number of amidine groups is 1. The maximum absolute atomic E-state index is 13.9. The zero-order valence-electron chi connectivity index (χ0n) is 27.4. The summed E-state index contributed by atoms with van der Waals surface area (Å²) >= 11 is 0. The number of amides is 2. The molecule has 6 rings (SSSR count). The van der Waals surface area contributed by atoms with Crippen molar-refractivity contribution >= 4 is 46.6 Å². The summed E-state index contributed by atoms with van der Waals surface area (Å²) in [6.07, 6.45) is 4.14. The molecule has 1 atom stereocenters. The molecular weight excluding hydrogens is 628 g/mol. The molecule has 13 heteroatoms. The number of benzene rings is 2. The molecule has 2 saturated heterocycles. The number of aromatic nitrogens is 1. The van der Waals surface area contributed by atoms with Gasteiger partial charge in [-0.3, -0.25) is 29.9 Å². The normalized spacial score (nSPS) is 20.2. The molecule has 0 unspecified atom stereocenters. The van der Waals surface area contributed by atoms with Crippen LogP contribution in [0.3, 0.4) is 0 Å². The van der Waals surface area contributed by atoms with Crippen LogP contribution in [-0.4, -0.2) is 90.8 Å². The highest BCUT2D eigenvalue weighted by Gasteiger charge is 2.51. The number of alkyl halides is 2. The molecule has 0 radical (unpaired) electrons. The first-order valence-corrected chi connectivity index (χ1v) is 16.2. The van der Waals surface area contributed by atoms with Gasteiger partial charge in [0.2, 0.25) is 17.5 Å². The van der Waals surface area contributed by atoms with Gasteiger partial charge < -0.3 is 21.3 Å². The van der Waals surface area contributed by atoms with Crippen LogP contribution in [0, 0.1) is 5.41 Å². The molecule has 2 fully saturated rings. The molecule has 3 aliphatic rings. The first-order valence-electron chi connectivity index (χ1n) is 16.2. The van der Waals surface area contributed by atoms with Crippen LogP contribution in [0.1, 0.15) is 53.6 Å². The number of aliphatic imine (C=N–C) groups is 2. The van der Waals surface area contributed by atoms with Gasteiger partial charge in [0, 0.05) is 61.9 Å². The second-order valence-electron chi connectivity index (χ2n) is 12.7. The minimum atomic E-state index is -2.73. The molecule has 0 saturated carbocycles. The van der Waals surface area contributed by atoms with Gasteiger partial charge in [0.25, 0.3) is 6.43 Å². The Morgan fingerprint density at radius 3 is 2.57 bits per heavy atom. The number of hydrogen-bond acceptors (Lipinski definition) is 6. The quantitative estimate of drug-likeness (QED) is 0.180. The van der Waals surface area contributed by atoms with Crippen LogP contribution in [0.5, 0.6) is 0 Å². The van der Waals surface area contributed by atoms with E-state index in [1.54, 1.807) is 36.2 Å². The Labute approximate surface area is 283 Å². The fourth-order valence-corrected chi connectivity index (χ4v) is 6.87. The maximum atomic E-state index is 13.9. The lowest BCUT2D eigenvalue weighted by atomic mass is 9.85. The Morgan fingerprint density at radius 1 is 1.08 bits per heavy atom. The van der Waals surface area contributed by atoms with E-state index in [4.69, 9.17) is 16.9 Å². The molecule has 3 aliphatic heterocycles. The SMILES string of the molecule is CN=CN=C(N)c1ccc(C2=CCN(C(=O)CN3CC[C@]4(CCN(c5ccc(N)c(C(=[NH2+])c6ccnc(C(F)F)c6)c5)C4=O)C3)CC2)cc1. The third-order valence-corrected chi connectivity index (χ3v) is 9.68. The number of nitrogens with two attached hydrogens (primary N) is 3. The Kier molecular flexibility index (Phi) is 9.63. The summed E-state index contributed by atoms with van der Waals surface area (Å²) in [5.41, 5.74) is 16.4. The smallest absolute Gasteiger partial charge is 0.280 e. The van der Waals surface area contributed by atoms with Crippen molar-refractivity contribution in [1.29, 1.82) is 0 Å². The van der Waals surface area contributed by atoms with Crippen molar-refractivity contribution in [3.63, 3.8) is 0 Å². The van der Waals surface area contributed by atoms with E-state index in [2.05, 4.69) is 25.9 Å². The van der Waals surface area contributed by atoms with E-state index in [-0.39, 0.29) is 29.8 Å². The highest BCUT2D eigenvalue weighted by Crippen LogP contribution is 2.43. The number of hydrogen-bond donors (Lipinski definition) is 3. The molecule has 0 aliphatic carbocycles. The highest BCUT2D eigenvalue weighted by molar-refractivity contribution is 6.13. The number of rotatable bonds is 9. The van der Waals surface area contributed by atoms with Crippen LogP contribution >= 0.6 is 0 Å². The van der Waals surface area contributed by atoms with Crippen molar-refractivity contribution in [2.75, 3.05) is 56.9 Å². The molecule has 2 amide bonds. The van der Waals surface area contributed by atoms with E-state index in [0.717, 1.165) is 17.5 Å². The lowest BCUT2D eigenvalue weighted by molar-refractivity contribution is -0.132. The molecule has 3 aromatic rings. The largest absolute Gasteiger partial charge is 0.398 e. The molecule has 4 heterocycles. The van der Waals surface area contributed by atoms with Gasteiger partial charge in [0.1, 0.15) is 17.9 Å². The minimum absolute atomic E-state index is 0.00345. The van der Waals surface area contributed by atoms with Gasteiger partial charge in [-0.05, 0) is 67.3 Å². The van der Waals surface area contributed by atoms with Gasteiger partial charge in [-0.25, -0.2) is 13.8 Å². The van der Waals surface area contributed by atoms with Gasteiger partial charge in [0.15, 0.2) is 0 Å². The van der Waals surface area contributed by atoms with E-state index >= 15 is 0 Å². The van der Waals surface area contributed by atoms with Crippen molar-refractivity contribution < 1.29 is 23.8 Å². The van der Waals surface area contributed by atoms with E-state index in [9.17, 15) is 18.4 Å². The number of carbonyl (C=O) groups is 2. The summed E-state index contributed by atoms with van der Waals surface area (Å²) in [5.74, 6) is 0.451. The summed E-state index contributed by atoms with van der Waals surface area (Å²) in [6.45, 7) is 3.09. The zero-order chi connectivity index (χ0) is 34.7. The van der Waals surface area contributed by atoms with Crippen LogP contribution < -0.4 is 21.8 Å². The molecule has 0 bridgehead atoms. The van der Waals surface area contributed by atoms with Crippen LogP contribution in [0.4, 0.5) is 20.2 Å². The lowest BCUT2D eigenvalue weighted by Crippen LogP contribution is -2.43. The van der Waals surface area contributed by atoms with Crippen molar-refractivity contribution in [3.8, 4) is 0 Å². The van der Waals surface area contributed by atoms with Crippen molar-refractivity contribution in [2.24, 2.45) is 21.1 Å². The first-order chi connectivity index (χ1) is 23.6. The van der Waals surface area contributed by atoms with Crippen molar-refractivity contribution in [3.05, 3.63) is 94.8 Å². The molecule has 254 valence electrons. The number of halogens is 2. The molecule has 1 aromatic heterocycles. The predicted molar refractivity (Wildman–Crippen MR) is 186 cm³/mol. The number of pyridine rings is 1. The third-order valence-electron chi connectivity index (χ3n) is 9.68. The van der Waals surface area contributed by atoms with Gasteiger partial charge in [-0.15, -0.1) is 0 Å². The van der Waals surface area contributed by atoms with Crippen molar-refractivity contribution in [1.82, 2.24) is 14.8 Å². The van der Waals surface area contributed by atoms with E-state index in [1.807, 2.05) is 29.2 Å². The first kappa shape index (κ1) is 33.6. The number of likely N-dealkylation sites (tertiary alicyclic amines) is 1.